The summed E-state index contributed by atoms with van der Waals surface area (Å²) in [6, 6.07) is 21.5. The zero-order valence-corrected chi connectivity index (χ0v) is 34.3. The van der Waals surface area contributed by atoms with Gasteiger partial charge in [-0.3, -0.25) is 19.2 Å². The molecule has 302 valence electrons. The molecule has 57 heavy (non-hydrogen) atoms. The third kappa shape index (κ3) is 8.23. The van der Waals surface area contributed by atoms with Gasteiger partial charge in [-0.15, -0.1) is 13.2 Å². The summed E-state index contributed by atoms with van der Waals surface area (Å²) in [5.41, 5.74) is 2.47. The molecule has 3 aromatic carbocycles. The fourth-order valence-corrected chi connectivity index (χ4v) is 10.0. The summed E-state index contributed by atoms with van der Waals surface area (Å²) in [6.07, 6.45) is 2.67. The number of aryl methyl sites for hydroxylation is 2. The number of likely N-dealkylation sites (tertiary alicyclic amines) is 1. The van der Waals surface area contributed by atoms with Crippen LogP contribution in [0.2, 0.25) is 0 Å². The number of benzene rings is 3. The van der Waals surface area contributed by atoms with Crippen LogP contribution in [-0.4, -0.2) is 95.2 Å². The lowest BCUT2D eigenvalue weighted by molar-refractivity contribution is -0.163. The zero-order valence-electron chi connectivity index (χ0n) is 32.7. The second kappa shape index (κ2) is 18.3. The number of amides is 3. The molecule has 6 rings (SSSR count). The molecule has 2 N–H and O–H groups in total. The Labute approximate surface area is 343 Å². The molecule has 3 aliphatic heterocycles. The van der Waals surface area contributed by atoms with E-state index in [0.717, 1.165) is 16.7 Å². The predicted octanol–water partition coefficient (Wildman–Crippen LogP) is 5.56. The van der Waals surface area contributed by atoms with Gasteiger partial charge in [0.1, 0.15) is 17.7 Å². The van der Waals surface area contributed by atoms with Crippen molar-refractivity contribution in [1.82, 2.24) is 10.2 Å². The van der Waals surface area contributed by atoms with Crippen LogP contribution in [0.5, 0.6) is 0 Å². The van der Waals surface area contributed by atoms with E-state index in [0.29, 0.717) is 17.7 Å². The minimum atomic E-state index is -1.44. The van der Waals surface area contributed by atoms with Crippen molar-refractivity contribution in [2.24, 2.45) is 11.8 Å². The molecule has 3 saturated heterocycles. The van der Waals surface area contributed by atoms with E-state index in [-0.39, 0.29) is 38.3 Å². The number of nitrogens with one attached hydrogen (secondary N) is 1. The number of hydrogen-bond donors (Lipinski definition) is 2. The van der Waals surface area contributed by atoms with Crippen LogP contribution in [0.4, 0.5) is 5.69 Å². The molecule has 3 amide bonds. The molecule has 12 heteroatoms. The average Bonchev–Trinajstić information content (AvgIpc) is 3.81. The lowest BCUT2D eigenvalue weighted by Gasteiger charge is -2.40. The Balaban J connectivity index is 1.43. The first-order chi connectivity index (χ1) is 27.5. The number of fused-ring (bicyclic) bond motifs is 1. The molecule has 9 atom stereocenters. The number of nitrogens with zero attached hydrogens (tertiary/aromatic N) is 2. The summed E-state index contributed by atoms with van der Waals surface area (Å²) < 4.78 is 18.8. The number of ether oxygens (including phenoxy) is 3. The molecular weight excluding hydrogens is 790 g/mol. The molecule has 0 aliphatic carbocycles. The summed E-state index contributed by atoms with van der Waals surface area (Å²) >= 11 is 3.78. The van der Waals surface area contributed by atoms with E-state index in [1.165, 1.54) is 12.0 Å². The number of methoxy groups -OCH3 is 1. The van der Waals surface area contributed by atoms with Crippen LogP contribution in [-0.2, 0) is 39.8 Å². The van der Waals surface area contributed by atoms with Gasteiger partial charge in [-0.25, -0.2) is 0 Å². The zero-order chi connectivity index (χ0) is 40.9. The van der Waals surface area contributed by atoms with Crippen LogP contribution in [0.15, 0.2) is 104 Å². The third-order valence-corrected chi connectivity index (χ3v) is 12.3. The highest BCUT2D eigenvalue weighted by molar-refractivity contribution is 9.09. The topological polar surface area (TPSA) is 135 Å². The van der Waals surface area contributed by atoms with Crippen molar-refractivity contribution >= 4 is 45.3 Å². The van der Waals surface area contributed by atoms with Crippen molar-refractivity contribution < 1.29 is 38.5 Å². The van der Waals surface area contributed by atoms with Gasteiger partial charge in [0.05, 0.1) is 43.2 Å². The van der Waals surface area contributed by atoms with Gasteiger partial charge in [0.25, 0.3) is 5.91 Å². The maximum atomic E-state index is 15.4. The Morgan fingerprint density at radius 2 is 1.70 bits per heavy atom. The average molecular weight is 843 g/mol. The molecule has 0 saturated carbocycles. The Bertz CT molecular complexity index is 1920. The highest BCUT2D eigenvalue weighted by Gasteiger charge is 2.77. The molecule has 3 aliphatic rings. The number of carbonyl (C=O) groups is 4. The summed E-state index contributed by atoms with van der Waals surface area (Å²) in [5, 5.41) is 14.0. The van der Waals surface area contributed by atoms with Gasteiger partial charge < -0.3 is 34.4 Å². The largest absolute Gasteiger partial charge is 0.455 e. The van der Waals surface area contributed by atoms with E-state index in [4.69, 9.17) is 14.2 Å². The van der Waals surface area contributed by atoms with Crippen molar-refractivity contribution in [2.45, 2.75) is 80.3 Å². The van der Waals surface area contributed by atoms with Gasteiger partial charge in [-0.1, -0.05) is 107 Å². The molecule has 3 fully saturated rings. The monoisotopic (exact) mass is 841 g/mol. The van der Waals surface area contributed by atoms with Crippen molar-refractivity contribution in [3.63, 3.8) is 0 Å². The Morgan fingerprint density at radius 1 is 1.04 bits per heavy atom. The first kappa shape index (κ1) is 42.0. The van der Waals surface area contributed by atoms with Gasteiger partial charge in [-0.2, -0.15) is 0 Å². The molecule has 1 unspecified atom stereocenters. The fraction of sp³-hybridized carbons (Fsp3) is 0.422. The number of anilines is 1. The normalized spacial score (nSPS) is 25.0. The fourth-order valence-electron chi connectivity index (χ4n) is 9.07. The molecule has 2 bridgehead atoms. The first-order valence-electron chi connectivity index (χ1n) is 19.4. The predicted molar refractivity (Wildman–Crippen MR) is 221 cm³/mol. The number of esters is 1. The second-order valence-corrected chi connectivity index (χ2v) is 16.3. The highest BCUT2D eigenvalue weighted by Crippen LogP contribution is 2.61. The lowest BCUT2D eigenvalue weighted by Crippen LogP contribution is -2.59. The van der Waals surface area contributed by atoms with Gasteiger partial charge >= 0.3 is 5.97 Å². The number of allylic oxidation sites excluding steroid dienone is 1. The quantitative estimate of drug-likeness (QED) is 0.0968. The molecule has 3 heterocycles. The van der Waals surface area contributed by atoms with Crippen molar-refractivity contribution in [3.8, 4) is 0 Å². The number of rotatable bonds is 18. The Morgan fingerprint density at radius 3 is 2.32 bits per heavy atom. The minimum Gasteiger partial charge on any atom is -0.455 e. The van der Waals surface area contributed by atoms with E-state index in [1.807, 2.05) is 80.6 Å². The first-order valence-corrected chi connectivity index (χ1v) is 20.3. The molecule has 11 nitrogen and oxygen atoms in total. The van der Waals surface area contributed by atoms with Gasteiger partial charge in [0.15, 0.2) is 0 Å². The third-order valence-electron chi connectivity index (χ3n) is 11.4. The molecule has 0 aromatic heterocycles. The number of para-hydroxylation sites is 1. The van der Waals surface area contributed by atoms with Crippen LogP contribution < -0.4 is 10.2 Å². The smallest absolute Gasteiger partial charge is 0.313 e. The van der Waals surface area contributed by atoms with Crippen LogP contribution >= 0.6 is 15.9 Å². The number of carbonyl (C=O) groups excluding carboxylic acids is 4. The lowest BCUT2D eigenvalue weighted by atomic mass is 9.70. The van der Waals surface area contributed by atoms with E-state index in [1.54, 1.807) is 29.2 Å². The van der Waals surface area contributed by atoms with Gasteiger partial charge in [0.2, 0.25) is 11.8 Å². The minimum absolute atomic E-state index is 0.0319. The SMILES string of the molecule is C=CCCC(=O)N[C@@H](COC)[C@@H](OC(=O)[C@H]1[C@@H]2O[C@@]3(CC2Br)[C@@H]1C(=O)N([C@@H](CO)Cc1ccccc1)[C@@H]3C(=O)N(CC=C)c1c(C)cccc1C)c1ccccc1. The maximum Gasteiger partial charge on any atom is 0.313 e. The van der Waals surface area contributed by atoms with E-state index in [9.17, 15) is 14.7 Å². The number of hydrogen-bond acceptors (Lipinski definition) is 8. The second-order valence-electron chi connectivity index (χ2n) is 15.1. The number of aliphatic hydroxyl groups excluding tert-OH is 1. The van der Waals surface area contributed by atoms with Crippen LogP contribution in [0, 0.1) is 25.7 Å². The summed E-state index contributed by atoms with van der Waals surface area (Å²) in [7, 11) is 1.50. The van der Waals surface area contributed by atoms with Crippen molar-refractivity contribution in [3.05, 3.63) is 126 Å². The van der Waals surface area contributed by atoms with E-state index >= 15 is 9.59 Å². The van der Waals surface area contributed by atoms with Crippen LogP contribution in [0.3, 0.4) is 0 Å². The number of aliphatic hydroxyl groups is 1. The molecule has 1 spiro atoms. The summed E-state index contributed by atoms with van der Waals surface area (Å²) in [6.45, 7) is 11.3. The van der Waals surface area contributed by atoms with Crippen molar-refractivity contribution in [1.29, 1.82) is 0 Å². The molecular formula is C45H52BrN3O8. The van der Waals surface area contributed by atoms with Crippen LogP contribution in [0.1, 0.15) is 47.6 Å². The standard InChI is InChI=1S/C45H52BrN3O8/c1-6-8-22-35(51)47-34(27-55-5)39(31-20-13-10-14-21-31)56-44(54)36-37-42(52)49(32(26-50)24-30-18-11-9-12-19-30)41(45(37)25-33(46)40(36)57-45)43(53)48(23-7-2)38-28(3)16-15-17-29(38)4/h6-7,9-21,32-34,36-37,39-41,50H,1-2,8,22-27H2,3-5H3,(H,47,51)/t32-,33?,34+,36-,37+,39+,40-,41-,45+/m1/s1. The number of alkyl halides is 1. The Hall–Kier alpha value is -4.62. The van der Waals surface area contributed by atoms with Crippen molar-refractivity contribution in [2.75, 3.05) is 31.8 Å². The molecule has 0 radical (unpaired) electrons. The summed E-state index contributed by atoms with van der Waals surface area (Å²) in [4.78, 5) is 61.2. The highest BCUT2D eigenvalue weighted by atomic mass is 79.9. The van der Waals surface area contributed by atoms with Gasteiger partial charge in [0, 0.05) is 30.6 Å². The Kier molecular flexibility index (Phi) is 13.5. The van der Waals surface area contributed by atoms with Crippen LogP contribution in [0.25, 0.3) is 0 Å². The molecule has 3 aromatic rings. The summed E-state index contributed by atoms with van der Waals surface area (Å²) in [5.74, 6) is -4.05. The van der Waals surface area contributed by atoms with Gasteiger partial charge in [-0.05, 0) is 55.4 Å². The number of halogens is 1. The maximum absolute atomic E-state index is 15.4. The van der Waals surface area contributed by atoms with E-state index < -0.39 is 77.0 Å². The van der Waals surface area contributed by atoms with E-state index in [2.05, 4.69) is 34.4 Å².